The van der Waals surface area contributed by atoms with Crippen LogP contribution >= 0.6 is 35.1 Å². The van der Waals surface area contributed by atoms with Gasteiger partial charge in [0, 0.05) is 34.6 Å². The Morgan fingerprint density at radius 3 is 2.53 bits per heavy atom. The van der Waals surface area contributed by atoms with E-state index in [9.17, 15) is 9.59 Å². The molecule has 1 heterocycles. The molecule has 0 saturated heterocycles. The molecule has 1 atom stereocenters. The third kappa shape index (κ3) is 6.55. The van der Waals surface area contributed by atoms with Gasteiger partial charge in [0.05, 0.1) is 4.58 Å². The molecule has 9 heteroatoms. The van der Waals surface area contributed by atoms with Crippen molar-refractivity contribution in [1.82, 2.24) is 9.55 Å². The average Bonchev–Trinajstić information content (AvgIpc) is 3.15. The number of carboxylic acids is 1. The number of halogens is 1. The van der Waals surface area contributed by atoms with Crippen molar-refractivity contribution in [2.24, 2.45) is 0 Å². The molecule has 0 aliphatic heterocycles. The highest BCUT2D eigenvalue weighted by Crippen LogP contribution is 2.35. The second-order valence-corrected chi connectivity index (χ2v) is 9.56. The maximum absolute atomic E-state index is 11.4. The normalized spacial score (nSPS) is 11.8. The van der Waals surface area contributed by atoms with Crippen LogP contribution in [0.5, 0.6) is 6.01 Å². The standard InChI is InChI=1S/C21H19ClN2O4S2/c1-14-2-4-15(5-3-14)13-29-18(30-17-8-6-16(22)7-9-17)12-24-11-10-23-21(24)28-20(27)19(25)26/h2-11,18H,12-13H2,1H3,(H,25,26). The number of aromatic nitrogens is 2. The summed E-state index contributed by atoms with van der Waals surface area (Å²) in [6.45, 7) is 2.52. The van der Waals surface area contributed by atoms with Crippen LogP contribution in [0.4, 0.5) is 0 Å². The van der Waals surface area contributed by atoms with Gasteiger partial charge < -0.3 is 9.84 Å². The number of thioether (sulfide) groups is 2. The maximum atomic E-state index is 11.4. The number of nitrogens with zero attached hydrogens (tertiary/aromatic N) is 2. The Bertz CT molecular complexity index is 1010. The van der Waals surface area contributed by atoms with Crippen molar-refractivity contribution < 1.29 is 19.4 Å². The zero-order valence-corrected chi connectivity index (χ0v) is 18.4. The third-order valence-corrected chi connectivity index (χ3v) is 6.95. The van der Waals surface area contributed by atoms with Crippen molar-refractivity contribution in [2.45, 2.75) is 28.7 Å². The van der Waals surface area contributed by atoms with Crippen molar-refractivity contribution in [2.75, 3.05) is 0 Å². The number of esters is 1. The molecule has 0 bridgehead atoms. The Hall–Kier alpha value is -2.42. The van der Waals surface area contributed by atoms with E-state index >= 15 is 0 Å². The molecular formula is C21H19ClN2O4S2. The number of imidazole rings is 1. The molecule has 1 unspecified atom stereocenters. The number of hydrogen-bond acceptors (Lipinski definition) is 6. The number of rotatable bonds is 8. The van der Waals surface area contributed by atoms with Gasteiger partial charge in [0.1, 0.15) is 0 Å². The summed E-state index contributed by atoms with van der Waals surface area (Å²) in [5.41, 5.74) is 2.41. The molecular weight excluding hydrogens is 444 g/mol. The van der Waals surface area contributed by atoms with Gasteiger partial charge in [-0.1, -0.05) is 41.4 Å². The average molecular weight is 463 g/mol. The van der Waals surface area contributed by atoms with E-state index in [0.717, 1.165) is 10.6 Å². The first-order chi connectivity index (χ1) is 14.4. The monoisotopic (exact) mass is 462 g/mol. The largest absolute Gasteiger partial charge is 0.473 e. The first-order valence-corrected chi connectivity index (χ1v) is 11.3. The summed E-state index contributed by atoms with van der Waals surface area (Å²) in [4.78, 5) is 27.2. The number of carbonyl (C=O) groups is 2. The van der Waals surface area contributed by atoms with E-state index in [1.807, 2.05) is 24.3 Å². The Morgan fingerprint density at radius 2 is 1.87 bits per heavy atom. The lowest BCUT2D eigenvalue weighted by molar-refractivity contribution is -0.158. The summed E-state index contributed by atoms with van der Waals surface area (Å²) in [5, 5.41) is 9.44. The van der Waals surface area contributed by atoms with Crippen molar-refractivity contribution >= 4 is 47.1 Å². The zero-order chi connectivity index (χ0) is 21.5. The van der Waals surface area contributed by atoms with E-state index in [0.29, 0.717) is 11.6 Å². The fourth-order valence-corrected chi connectivity index (χ4v) is 5.09. The summed E-state index contributed by atoms with van der Waals surface area (Å²) >= 11 is 9.38. The van der Waals surface area contributed by atoms with Gasteiger partial charge in [0.15, 0.2) is 0 Å². The summed E-state index contributed by atoms with van der Waals surface area (Å²) in [7, 11) is 0. The summed E-state index contributed by atoms with van der Waals surface area (Å²) in [6.07, 6.45) is 3.13. The van der Waals surface area contributed by atoms with Crippen LogP contribution in [0.3, 0.4) is 0 Å². The van der Waals surface area contributed by atoms with Gasteiger partial charge >= 0.3 is 17.9 Å². The van der Waals surface area contributed by atoms with Crippen LogP contribution in [0.25, 0.3) is 0 Å². The highest BCUT2D eigenvalue weighted by atomic mass is 35.5. The first-order valence-electron chi connectivity index (χ1n) is 8.96. The second-order valence-electron chi connectivity index (χ2n) is 6.35. The molecule has 2 aromatic carbocycles. The Labute approximate surface area is 187 Å². The predicted molar refractivity (Wildman–Crippen MR) is 119 cm³/mol. The number of aryl methyl sites for hydroxylation is 1. The minimum absolute atomic E-state index is 0.0416. The van der Waals surface area contributed by atoms with E-state index < -0.39 is 11.9 Å². The second kappa shape index (κ2) is 10.6. The molecule has 0 aliphatic rings. The number of benzene rings is 2. The lowest BCUT2D eigenvalue weighted by Crippen LogP contribution is -2.22. The summed E-state index contributed by atoms with van der Waals surface area (Å²) in [5.74, 6) is -2.23. The molecule has 0 fully saturated rings. The number of ether oxygens (including phenoxy) is 1. The molecule has 30 heavy (non-hydrogen) atoms. The highest BCUT2D eigenvalue weighted by molar-refractivity contribution is 8.16. The number of hydrogen-bond donors (Lipinski definition) is 1. The fraction of sp³-hybridized carbons (Fsp3) is 0.190. The van der Waals surface area contributed by atoms with Crippen LogP contribution in [-0.4, -0.2) is 31.2 Å². The number of carbonyl (C=O) groups excluding carboxylic acids is 1. The molecule has 6 nitrogen and oxygen atoms in total. The van der Waals surface area contributed by atoms with Crippen LogP contribution in [0, 0.1) is 6.92 Å². The van der Waals surface area contributed by atoms with E-state index in [4.69, 9.17) is 21.4 Å². The van der Waals surface area contributed by atoms with E-state index in [-0.39, 0.29) is 10.6 Å². The van der Waals surface area contributed by atoms with Crippen LogP contribution in [0.2, 0.25) is 5.02 Å². The van der Waals surface area contributed by atoms with Crippen LogP contribution in [0.1, 0.15) is 11.1 Å². The van der Waals surface area contributed by atoms with E-state index in [1.54, 1.807) is 34.3 Å². The minimum Gasteiger partial charge on any atom is -0.473 e. The van der Waals surface area contributed by atoms with Gasteiger partial charge in [-0.3, -0.25) is 4.57 Å². The fourth-order valence-electron chi connectivity index (χ4n) is 2.49. The highest BCUT2D eigenvalue weighted by Gasteiger charge is 2.20. The van der Waals surface area contributed by atoms with Gasteiger partial charge in [-0.05, 0) is 36.8 Å². The van der Waals surface area contributed by atoms with E-state index in [1.165, 1.54) is 17.3 Å². The quantitative estimate of drug-likeness (QED) is 0.221. The molecule has 0 radical (unpaired) electrons. The molecule has 0 amide bonds. The van der Waals surface area contributed by atoms with Crippen molar-refractivity contribution in [3.63, 3.8) is 0 Å². The number of carboxylic acid groups (broad SMARTS) is 1. The number of aliphatic carboxylic acids is 1. The van der Waals surface area contributed by atoms with Crippen molar-refractivity contribution in [3.05, 3.63) is 77.1 Å². The zero-order valence-electron chi connectivity index (χ0n) is 16.0. The molecule has 0 aliphatic carbocycles. The molecule has 3 rings (SSSR count). The Morgan fingerprint density at radius 1 is 1.17 bits per heavy atom. The Kier molecular flexibility index (Phi) is 7.84. The predicted octanol–water partition coefficient (Wildman–Crippen LogP) is 4.89. The molecule has 0 saturated carbocycles. The lowest BCUT2D eigenvalue weighted by atomic mass is 10.2. The van der Waals surface area contributed by atoms with Gasteiger partial charge in [0.25, 0.3) is 0 Å². The van der Waals surface area contributed by atoms with Gasteiger partial charge in [0.2, 0.25) is 0 Å². The summed E-state index contributed by atoms with van der Waals surface area (Å²) < 4.78 is 6.55. The SMILES string of the molecule is Cc1ccc(CSC(Cn2ccnc2OC(=O)C(=O)O)Sc2ccc(Cl)cc2)cc1. The van der Waals surface area contributed by atoms with Gasteiger partial charge in [-0.25, -0.2) is 14.6 Å². The van der Waals surface area contributed by atoms with Crippen molar-refractivity contribution in [1.29, 1.82) is 0 Å². The van der Waals surface area contributed by atoms with Gasteiger partial charge in [-0.2, -0.15) is 0 Å². The van der Waals surface area contributed by atoms with Crippen LogP contribution in [-0.2, 0) is 21.9 Å². The molecule has 1 N–H and O–H groups in total. The first kappa shape index (κ1) is 22.3. The van der Waals surface area contributed by atoms with E-state index in [2.05, 4.69) is 36.2 Å². The molecule has 1 aromatic heterocycles. The topological polar surface area (TPSA) is 81.4 Å². The van der Waals surface area contributed by atoms with Crippen molar-refractivity contribution in [3.8, 4) is 6.01 Å². The minimum atomic E-state index is -1.66. The van der Waals surface area contributed by atoms with Crippen LogP contribution in [0.15, 0.2) is 65.8 Å². The summed E-state index contributed by atoms with van der Waals surface area (Å²) in [6, 6.07) is 15.9. The Balaban J connectivity index is 1.74. The maximum Gasteiger partial charge on any atom is 0.425 e. The molecule has 3 aromatic rings. The van der Waals surface area contributed by atoms with Crippen LogP contribution < -0.4 is 4.74 Å². The molecule has 156 valence electrons. The van der Waals surface area contributed by atoms with Gasteiger partial charge in [-0.15, -0.1) is 23.5 Å². The molecule has 0 spiro atoms. The lowest BCUT2D eigenvalue weighted by Gasteiger charge is -2.18. The third-order valence-electron chi connectivity index (χ3n) is 4.02. The smallest absolute Gasteiger partial charge is 0.425 e.